The van der Waals surface area contributed by atoms with Gasteiger partial charge in [-0.2, -0.15) is 0 Å². The minimum Gasteiger partial charge on any atom is -0.355 e. The van der Waals surface area contributed by atoms with Gasteiger partial charge in [0.1, 0.15) is 5.82 Å². The van der Waals surface area contributed by atoms with Gasteiger partial charge in [-0.1, -0.05) is 41.9 Å². The van der Waals surface area contributed by atoms with Crippen LogP contribution in [-0.4, -0.2) is 18.1 Å². The smallest absolute Gasteiger partial charge is 0.128 e. The van der Waals surface area contributed by atoms with Crippen LogP contribution in [0.4, 0.5) is 5.82 Å². The van der Waals surface area contributed by atoms with Crippen molar-refractivity contribution in [2.24, 2.45) is 0 Å². The van der Waals surface area contributed by atoms with E-state index in [1.807, 2.05) is 12.3 Å². The van der Waals surface area contributed by atoms with E-state index in [4.69, 9.17) is 0 Å². The monoisotopic (exact) mass is 347 g/mol. The number of halogens is 1. The highest BCUT2D eigenvalue weighted by atomic mass is 79.9. The average Bonchev–Trinajstić information content (AvgIpc) is 2.45. The van der Waals surface area contributed by atoms with Gasteiger partial charge in [-0.3, -0.25) is 0 Å². The second-order valence-corrected chi connectivity index (χ2v) is 6.46. The summed E-state index contributed by atoms with van der Waals surface area (Å²) >= 11 is 3.51. The van der Waals surface area contributed by atoms with Crippen LogP contribution in [0.3, 0.4) is 0 Å². The lowest BCUT2D eigenvalue weighted by Gasteiger charge is -2.19. The lowest BCUT2D eigenvalue weighted by atomic mass is 10.2. The van der Waals surface area contributed by atoms with Gasteiger partial charge in [-0.25, -0.2) is 4.98 Å². The number of pyridine rings is 1. The highest BCUT2D eigenvalue weighted by Crippen LogP contribution is 2.17. The van der Waals surface area contributed by atoms with E-state index in [0.29, 0.717) is 6.04 Å². The zero-order chi connectivity index (χ0) is 15.2. The number of hydrogen-bond donors (Lipinski definition) is 1. The van der Waals surface area contributed by atoms with Crippen molar-refractivity contribution in [1.82, 2.24) is 10.3 Å². The molecule has 1 aromatic heterocycles. The molecule has 0 amide bonds. The normalized spacial score (nSPS) is 10.9. The Labute approximate surface area is 135 Å². The van der Waals surface area contributed by atoms with E-state index < -0.39 is 0 Å². The fourth-order valence-corrected chi connectivity index (χ4v) is 2.54. The summed E-state index contributed by atoms with van der Waals surface area (Å²) in [5.74, 6) is 0.998. The van der Waals surface area contributed by atoms with E-state index in [1.54, 1.807) is 0 Å². The highest BCUT2D eigenvalue weighted by molar-refractivity contribution is 9.10. The number of rotatable bonds is 6. The molecule has 4 heteroatoms. The maximum absolute atomic E-state index is 4.47. The van der Waals surface area contributed by atoms with E-state index in [1.165, 1.54) is 11.1 Å². The first-order valence-corrected chi connectivity index (χ1v) is 7.98. The Morgan fingerprint density at radius 1 is 1.19 bits per heavy atom. The molecular weight excluding hydrogens is 326 g/mol. The topological polar surface area (TPSA) is 28.2 Å². The maximum atomic E-state index is 4.47. The zero-order valence-electron chi connectivity index (χ0n) is 12.8. The Kier molecular flexibility index (Phi) is 5.76. The molecule has 1 N–H and O–H groups in total. The van der Waals surface area contributed by atoms with Crippen LogP contribution in [0.1, 0.15) is 25.0 Å². The summed E-state index contributed by atoms with van der Waals surface area (Å²) in [4.78, 5) is 6.64. The Morgan fingerprint density at radius 2 is 2.00 bits per heavy atom. The molecular formula is C17H22BrN3. The molecule has 0 spiro atoms. The molecule has 0 aliphatic heterocycles. The first-order chi connectivity index (χ1) is 10.0. The number of benzene rings is 1. The van der Waals surface area contributed by atoms with Crippen LogP contribution in [0.5, 0.6) is 0 Å². The quantitative estimate of drug-likeness (QED) is 0.856. The predicted molar refractivity (Wildman–Crippen MR) is 92.5 cm³/mol. The molecule has 0 saturated heterocycles. The van der Waals surface area contributed by atoms with Crippen molar-refractivity contribution in [3.63, 3.8) is 0 Å². The summed E-state index contributed by atoms with van der Waals surface area (Å²) in [7, 11) is 2.07. The van der Waals surface area contributed by atoms with Crippen LogP contribution in [-0.2, 0) is 13.1 Å². The molecule has 1 aromatic carbocycles. The van der Waals surface area contributed by atoms with Crippen LogP contribution in [0.15, 0.2) is 47.1 Å². The van der Waals surface area contributed by atoms with Crippen molar-refractivity contribution < 1.29 is 0 Å². The average molecular weight is 348 g/mol. The second-order valence-electron chi connectivity index (χ2n) is 5.54. The molecule has 2 aromatic rings. The van der Waals surface area contributed by atoms with Gasteiger partial charge in [0.15, 0.2) is 0 Å². The summed E-state index contributed by atoms with van der Waals surface area (Å²) in [6.45, 7) is 6.02. The largest absolute Gasteiger partial charge is 0.355 e. The maximum Gasteiger partial charge on any atom is 0.128 e. The Balaban J connectivity index is 2.05. The van der Waals surface area contributed by atoms with Crippen LogP contribution in [0.2, 0.25) is 0 Å². The van der Waals surface area contributed by atoms with Crippen LogP contribution in [0, 0.1) is 0 Å². The van der Waals surface area contributed by atoms with Gasteiger partial charge >= 0.3 is 0 Å². The number of anilines is 1. The van der Waals surface area contributed by atoms with Crippen LogP contribution in [0.25, 0.3) is 0 Å². The van der Waals surface area contributed by atoms with Crippen molar-refractivity contribution in [1.29, 1.82) is 0 Å². The number of hydrogen-bond acceptors (Lipinski definition) is 3. The number of aromatic nitrogens is 1. The third-order valence-electron chi connectivity index (χ3n) is 3.22. The van der Waals surface area contributed by atoms with Crippen molar-refractivity contribution in [2.75, 3.05) is 11.9 Å². The molecule has 112 valence electrons. The molecule has 0 radical (unpaired) electrons. The van der Waals surface area contributed by atoms with Crippen LogP contribution < -0.4 is 10.2 Å². The Morgan fingerprint density at radius 3 is 2.71 bits per heavy atom. The molecule has 0 unspecified atom stereocenters. The summed E-state index contributed by atoms with van der Waals surface area (Å²) in [6, 6.07) is 13.1. The number of nitrogens with one attached hydrogen (secondary N) is 1. The molecule has 0 atom stereocenters. The Hall–Kier alpha value is -1.39. The summed E-state index contributed by atoms with van der Waals surface area (Å²) in [5.41, 5.74) is 2.52. The predicted octanol–water partition coefficient (Wildman–Crippen LogP) is 3.98. The molecule has 21 heavy (non-hydrogen) atoms. The molecule has 0 aliphatic rings. The highest BCUT2D eigenvalue weighted by Gasteiger charge is 2.05. The van der Waals surface area contributed by atoms with Gasteiger partial charge in [0.05, 0.1) is 0 Å². The summed E-state index contributed by atoms with van der Waals surface area (Å²) in [6.07, 6.45) is 1.88. The zero-order valence-corrected chi connectivity index (χ0v) is 14.4. The fourth-order valence-electron chi connectivity index (χ4n) is 2.09. The van der Waals surface area contributed by atoms with E-state index >= 15 is 0 Å². The van der Waals surface area contributed by atoms with Crippen molar-refractivity contribution >= 4 is 21.7 Å². The molecule has 2 rings (SSSR count). The molecule has 0 aliphatic carbocycles. The minimum atomic E-state index is 0.487. The minimum absolute atomic E-state index is 0.487. The van der Waals surface area contributed by atoms with E-state index in [0.717, 1.165) is 23.4 Å². The van der Waals surface area contributed by atoms with Gasteiger partial charge in [-0.15, -0.1) is 0 Å². The van der Waals surface area contributed by atoms with E-state index in [9.17, 15) is 0 Å². The van der Waals surface area contributed by atoms with Gasteiger partial charge in [0.25, 0.3) is 0 Å². The lowest BCUT2D eigenvalue weighted by molar-refractivity contribution is 0.588. The van der Waals surface area contributed by atoms with E-state index in [-0.39, 0.29) is 0 Å². The standard InChI is InChI=1S/C17H22BrN3/c1-13(2)20-11-14-7-8-19-17(10-14)21(3)12-15-5-4-6-16(18)9-15/h4-10,13,20H,11-12H2,1-3H3. The van der Waals surface area contributed by atoms with Gasteiger partial charge < -0.3 is 10.2 Å². The van der Waals surface area contributed by atoms with Crippen LogP contribution >= 0.6 is 15.9 Å². The fraction of sp³-hybridized carbons (Fsp3) is 0.353. The van der Waals surface area contributed by atoms with Gasteiger partial charge in [0, 0.05) is 36.8 Å². The molecule has 1 heterocycles. The Bertz CT molecular complexity index is 584. The second kappa shape index (κ2) is 7.57. The number of nitrogens with zero attached hydrogens (tertiary/aromatic N) is 2. The molecule has 3 nitrogen and oxygen atoms in total. The summed E-state index contributed by atoms with van der Waals surface area (Å²) in [5, 5.41) is 3.43. The lowest BCUT2D eigenvalue weighted by Crippen LogP contribution is -2.22. The molecule has 0 fully saturated rings. The first-order valence-electron chi connectivity index (χ1n) is 7.18. The summed E-state index contributed by atoms with van der Waals surface area (Å²) < 4.78 is 1.11. The van der Waals surface area contributed by atoms with Crippen molar-refractivity contribution in [3.8, 4) is 0 Å². The SMILES string of the molecule is CC(C)NCc1ccnc(N(C)Cc2cccc(Br)c2)c1. The molecule has 0 bridgehead atoms. The van der Waals surface area contributed by atoms with Gasteiger partial charge in [-0.05, 0) is 35.4 Å². The third kappa shape index (κ3) is 5.14. The van der Waals surface area contributed by atoms with Crippen molar-refractivity contribution in [3.05, 3.63) is 58.2 Å². The van der Waals surface area contributed by atoms with Gasteiger partial charge in [0.2, 0.25) is 0 Å². The first kappa shape index (κ1) is 16.0. The van der Waals surface area contributed by atoms with Crippen molar-refractivity contribution in [2.45, 2.75) is 33.0 Å². The van der Waals surface area contributed by atoms with E-state index in [2.05, 4.69) is 82.4 Å². The third-order valence-corrected chi connectivity index (χ3v) is 3.72. The molecule has 0 saturated carbocycles.